The number of carbonyl (C=O) groups excluding carboxylic acids is 1. The van der Waals surface area contributed by atoms with Crippen LogP contribution >= 0.6 is 12.4 Å². The van der Waals surface area contributed by atoms with Crippen LogP contribution in [0.4, 0.5) is 5.69 Å². The molecule has 130 valence electrons. The molecule has 1 amide bonds. The van der Waals surface area contributed by atoms with Crippen LogP contribution in [-0.4, -0.2) is 48.3 Å². The summed E-state index contributed by atoms with van der Waals surface area (Å²) in [4.78, 5) is 13.2. The van der Waals surface area contributed by atoms with Crippen LogP contribution in [0.5, 0.6) is 5.75 Å². The molecule has 0 saturated carbocycles. The van der Waals surface area contributed by atoms with E-state index in [-0.39, 0.29) is 24.9 Å². The molecule has 1 aliphatic rings. The highest BCUT2D eigenvalue weighted by Crippen LogP contribution is 2.17. The second-order valence-electron chi connectivity index (χ2n) is 6.15. The first-order valence-corrected chi connectivity index (χ1v) is 7.94. The lowest BCUT2D eigenvalue weighted by atomic mass is 9.99. The molecule has 1 aliphatic heterocycles. The van der Waals surface area contributed by atoms with Gasteiger partial charge in [-0.1, -0.05) is 6.92 Å². The summed E-state index contributed by atoms with van der Waals surface area (Å²) < 4.78 is 5.60. The number of nitrogens with zero attached hydrogens (tertiary/aromatic N) is 1. The maximum Gasteiger partial charge on any atom is 0.221 e. The van der Waals surface area contributed by atoms with Gasteiger partial charge in [0.25, 0.3) is 0 Å². The zero-order valence-corrected chi connectivity index (χ0v) is 14.6. The molecule has 0 aliphatic carbocycles. The number of aliphatic hydroxyl groups excluding tert-OH is 1. The first-order chi connectivity index (χ1) is 10.5. The van der Waals surface area contributed by atoms with Gasteiger partial charge in [-0.3, -0.25) is 4.79 Å². The summed E-state index contributed by atoms with van der Waals surface area (Å²) in [6.45, 7) is 6.82. The van der Waals surface area contributed by atoms with Crippen LogP contribution in [0, 0.1) is 5.92 Å². The number of benzene rings is 1. The summed E-state index contributed by atoms with van der Waals surface area (Å²) in [5.41, 5.74) is 0.739. The van der Waals surface area contributed by atoms with E-state index < -0.39 is 6.10 Å². The lowest BCUT2D eigenvalue weighted by Crippen LogP contribution is -2.40. The maximum absolute atomic E-state index is 10.9. The molecule has 1 aromatic carbocycles. The van der Waals surface area contributed by atoms with Gasteiger partial charge in [-0.15, -0.1) is 12.4 Å². The Morgan fingerprint density at radius 1 is 1.35 bits per heavy atom. The Morgan fingerprint density at radius 3 is 2.52 bits per heavy atom. The minimum absolute atomic E-state index is 0. The second kappa shape index (κ2) is 9.75. The van der Waals surface area contributed by atoms with E-state index >= 15 is 0 Å². The zero-order valence-electron chi connectivity index (χ0n) is 13.8. The fourth-order valence-corrected chi connectivity index (χ4v) is 2.63. The highest BCUT2D eigenvalue weighted by atomic mass is 35.5. The maximum atomic E-state index is 10.9. The summed E-state index contributed by atoms with van der Waals surface area (Å²) in [6, 6.07) is 7.16. The van der Waals surface area contributed by atoms with E-state index in [2.05, 4.69) is 17.1 Å². The van der Waals surface area contributed by atoms with E-state index in [9.17, 15) is 9.90 Å². The molecular weight excluding hydrogens is 316 g/mol. The molecule has 2 N–H and O–H groups in total. The van der Waals surface area contributed by atoms with Gasteiger partial charge in [-0.2, -0.15) is 0 Å². The number of nitrogens with one attached hydrogen (secondary N) is 1. The number of hydrogen-bond acceptors (Lipinski definition) is 4. The van der Waals surface area contributed by atoms with Crippen LogP contribution in [0.3, 0.4) is 0 Å². The Kier molecular flexibility index (Phi) is 8.37. The Morgan fingerprint density at radius 2 is 1.96 bits per heavy atom. The second-order valence-corrected chi connectivity index (χ2v) is 6.15. The fourth-order valence-electron chi connectivity index (χ4n) is 2.63. The summed E-state index contributed by atoms with van der Waals surface area (Å²) in [5, 5.41) is 12.8. The lowest BCUT2D eigenvalue weighted by Gasteiger charge is -2.31. The third kappa shape index (κ3) is 7.20. The smallest absolute Gasteiger partial charge is 0.221 e. The van der Waals surface area contributed by atoms with E-state index in [0.717, 1.165) is 24.7 Å². The molecule has 1 atom stereocenters. The van der Waals surface area contributed by atoms with Gasteiger partial charge in [-0.25, -0.2) is 0 Å². The van der Waals surface area contributed by atoms with E-state index in [1.165, 1.54) is 19.8 Å². The minimum Gasteiger partial charge on any atom is -0.491 e. The van der Waals surface area contributed by atoms with Gasteiger partial charge in [0.15, 0.2) is 0 Å². The number of likely N-dealkylation sites (tertiary alicyclic amines) is 1. The van der Waals surface area contributed by atoms with Crippen LogP contribution in [0.15, 0.2) is 24.3 Å². The van der Waals surface area contributed by atoms with Gasteiger partial charge in [0, 0.05) is 19.2 Å². The van der Waals surface area contributed by atoms with Crippen molar-refractivity contribution in [1.82, 2.24) is 4.90 Å². The van der Waals surface area contributed by atoms with Crippen molar-refractivity contribution >= 4 is 24.0 Å². The summed E-state index contributed by atoms with van der Waals surface area (Å²) in [7, 11) is 0. The summed E-state index contributed by atoms with van der Waals surface area (Å²) in [6.07, 6.45) is 1.93. The normalized spacial score (nSPS) is 17.2. The van der Waals surface area contributed by atoms with Gasteiger partial charge >= 0.3 is 0 Å². The number of amides is 1. The molecule has 1 unspecified atom stereocenters. The number of halogens is 1. The summed E-state index contributed by atoms with van der Waals surface area (Å²) in [5.74, 6) is 1.40. The molecular formula is C17H27ClN2O3. The molecule has 1 saturated heterocycles. The molecule has 6 heteroatoms. The molecule has 23 heavy (non-hydrogen) atoms. The van der Waals surface area contributed by atoms with Crippen molar-refractivity contribution in [2.45, 2.75) is 32.8 Å². The highest BCUT2D eigenvalue weighted by molar-refractivity contribution is 5.88. The zero-order chi connectivity index (χ0) is 15.9. The first-order valence-electron chi connectivity index (χ1n) is 7.94. The Bertz CT molecular complexity index is 473. The SMILES string of the molecule is CC(=O)Nc1ccc(OCC(O)CN2CCC(C)CC2)cc1.Cl. The van der Waals surface area contributed by atoms with E-state index in [1.54, 1.807) is 24.3 Å². The van der Waals surface area contributed by atoms with Crippen LogP contribution in [0.1, 0.15) is 26.7 Å². The quantitative estimate of drug-likeness (QED) is 0.834. The van der Waals surface area contributed by atoms with E-state index in [0.29, 0.717) is 12.3 Å². The minimum atomic E-state index is -0.483. The van der Waals surface area contributed by atoms with Gasteiger partial charge in [0.1, 0.15) is 18.5 Å². The molecule has 5 nitrogen and oxygen atoms in total. The fraction of sp³-hybridized carbons (Fsp3) is 0.588. The average Bonchev–Trinajstić information content (AvgIpc) is 2.48. The number of aliphatic hydroxyl groups is 1. The lowest BCUT2D eigenvalue weighted by molar-refractivity contribution is -0.114. The molecule has 0 radical (unpaired) electrons. The molecule has 0 spiro atoms. The van der Waals surface area contributed by atoms with Crippen molar-refractivity contribution in [3.8, 4) is 5.75 Å². The van der Waals surface area contributed by atoms with Crippen molar-refractivity contribution in [2.75, 3.05) is 31.6 Å². The topological polar surface area (TPSA) is 61.8 Å². The standard InChI is InChI=1S/C17H26N2O3.ClH/c1-13-7-9-19(10-8-13)11-16(21)12-22-17-5-3-15(4-6-17)18-14(2)20;/h3-6,13,16,21H,7-12H2,1-2H3,(H,18,20);1H. The predicted octanol–water partition coefficient (Wildman–Crippen LogP) is 2.54. The molecule has 0 bridgehead atoms. The predicted molar refractivity (Wildman–Crippen MR) is 94.3 cm³/mol. The van der Waals surface area contributed by atoms with Gasteiger partial charge < -0.3 is 20.1 Å². The number of rotatable bonds is 6. The van der Waals surface area contributed by atoms with E-state index in [4.69, 9.17) is 4.74 Å². The molecule has 1 aromatic rings. The Balaban J connectivity index is 0.00000264. The highest BCUT2D eigenvalue weighted by Gasteiger charge is 2.18. The van der Waals surface area contributed by atoms with Gasteiger partial charge in [-0.05, 0) is 56.1 Å². The van der Waals surface area contributed by atoms with Crippen molar-refractivity contribution in [3.63, 3.8) is 0 Å². The third-order valence-electron chi connectivity index (χ3n) is 3.96. The molecule has 0 aromatic heterocycles. The van der Waals surface area contributed by atoms with Gasteiger partial charge in [0.05, 0.1) is 0 Å². The number of carbonyl (C=O) groups is 1. The van der Waals surface area contributed by atoms with E-state index in [1.807, 2.05) is 0 Å². The number of piperidine rings is 1. The van der Waals surface area contributed by atoms with Crippen LogP contribution in [0.25, 0.3) is 0 Å². The van der Waals surface area contributed by atoms with Gasteiger partial charge in [0.2, 0.25) is 5.91 Å². The van der Waals surface area contributed by atoms with Crippen molar-refractivity contribution in [2.24, 2.45) is 5.92 Å². The largest absolute Gasteiger partial charge is 0.491 e. The molecule has 2 rings (SSSR count). The van der Waals surface area contributed by atoms with Crippen LogP contribution < -0.4 is 10.1 Å². The first kappa shape index (κ1) is 19.7. The van der Waals surface area contributed by atoms with Crippen LogP contribution in [-0.2, 0) is 4.79 Å². The van der Waals surface area contributed by atoms with Crippen molar-refractivity contribution < 1.29 is 14.6 Å². The van der Waals surface area contributed by atoms with Crippen LogP contribution in [0.2, 0.25) is 0 Å². The number of anilines is 1. The van der Waals surface area contributed by atoms with Crippen molar-refractivity contribution in [3.05, 3.63) is 24.3 Å². The molecule has 1 heterocycles. The monoisotopic (exact) mass is 342 g/mol. The number of hydrogen-bond donors (Lipinski definition) is 2. The third-order valence-corrected chi connectivity index (χ3v) is 3.96. The molecule has 1 fully saturated rings. The number of β-amino-alcohol motifs (C(OH)–C–C–N with tert-alkyl or cyclic N) is 1. The summed E-state index contributed by atoms with van der Waals surface area (Å²) >= 11 is 0. The van der Waals surface area contributed by atoms with Crippen molar-refractivity contribution in [1.29, 1.82) is 0 Å². The Hall–Kier alpha value is -1.30. The number of ether oxygens (including phenoxy) is 1. The Labute approximate surface area is 144 Å². The average molecular weight is 343 g/mol.